The first-order valence-electron chi connectivity index (χ1n) is 9.16. The largest absolute Gasteiger partial charge is 0.455 e. The van der Waals surface area contributed by atoms with E-state index in [0.29, 0.717) is 23.3 Å². The molecule has 0 unspecified atom stereocenters. The maximum Gasteiger partial charge on any atom is 0.331 e. The van der Waals surface area contributed by atoms with Gasteiger partial charge in [0.05, 0.1) is 0 Å². The Morgan fingerprint density at radius 3 is 2.16 bits per heavy atom. The Bertz CT molecular complexity index is 669. The average molecular weight is 342 g/mol. The van der Waals surface area contributed by atoms with Crippen molar-refractivity contribution in [2.75, 3.05) is 6.61 Å². The standard InChI is InChI=1S/C21H23FO3/c22-18-4-1-14(2-5-18)3-6-20(24)25-13-19(23)21-10-15-7-16(11-21)9-17(8-15)12-21/h1-6,15-17H,7-13H2. The highest BCUT2D eigenvalue weighted by atomic mass is 19.1. The van der Waals surface area contributed by atoms with Crippen molar-refractivity contribution in [1.82, 2.24) is 0 Å². The van der Waals surface area contributed by atoms with Crippen LogP contribution in [0.15, 0.2) is 30.3 Å². The first kappa shape index (κ1) is 16.5. The van der Waals surface area contributed by atoms with Gasteiger partial charge < -0.3 is 4.74 Å². The van der Waals surface area contributed by atoms with Crippen molar-refractivity contribution in [2.45, 2.75) is 38.5 Å². The zero-order valence-electron chi connectivity index (χ0n) is 14.2. The molecular formula is C21H23FO3. The van der Waals surface area contributed by atoms with Crippen LogP contribution >= 0.6 is 0 Å². The molecule has 0 N–H and O–H groups in total. The molecule has 132 valence electrons. The number of benzene rings is 1. The van der Waals surface area contributed by atoms with Gasteiger partial charge in [0.25, 0.3) is 0 Å². The lowest BCUT2D eigenvalue weighted by atomic mass is 9.48. The molecule has 5 rings (SSSR count). The Hall–Kier alpha value is -1.97. The Kier molecular flexibility index (Phi) is 4.22. The quantitative estimate of drug-likeness (QED) is 0.596. The minimum Gasteiger partial charge on any atom is -0.455 e. The molecule has 0 aliphatic heterocycles. The highest BCUT2D eigenvalue weighted by Gasteiger charge is 2.54. The maximum atomic E-state index is 12.9. The van der Waals surface area contributed by atoms with Crippen LogP contribution in [0.5, 0.6) is 0 Å². The molecule has 0 aromatic heterocycles. The zero-order chi connectivity index (χ0) is 17.4. The van der Waals surface area contributed by atoms with Crippen molar-refractivity contribution in [3.8, 4) is 0 Å². The van der Waals surface area contributed by atoms with E-state index in [1.165, 1.54) is 37.5 Å². The number of esters is 1. The molecule has 4 heteroatoms. The molecular weight excluding hydrogens is 319 g/mol. The number of halogens is 1. The summed E-state index contributed by atoms with van der Waals surface area (Å²) in [6.07, 6.45) is 9.67. The lowest BCUT2D eigenvalue weighted by Crippen LogP contribution is -2.51. The summed E-state index contributed by atoms with van der Waals surface area (Å²) in [5, 5.41) is 0. The van der Waals surface area contributed by atoms with Crippen LogP contribution < -0.4 is 0 Å². The first-order valence-corrected chi connectivity index (χ1v) is 9.16. The molecule has 4 fully saturated rings. The normalized spacial score (nSPS) is 32.9. The Morgan fingerprint density at radius 1 is 1.04 bits per heavy atom. The van der Waals surface area contributed by atoms with E-state index in [0.717, 1.165) is 19.3 Å². The molecule has 4 aliphatic carbocycles. The van der Waals surface area contributed by atoms with Gasteiger partial charge in [-0.1, -0.05) is 12.1 Å². The summed E-state index contributed by atoms with van der Waals surface area (Å²) in [6, 6.07) is 5.84. The molecule has 0 radical (unpaired) electrons. The molecule has 1 aromatic carbocycles. The maximum absolute atomic E-state index is 12.9. The van der Waals surface area contributed by atoms with Gasteiger partial charge in [-0.15, -0.1) is 0 Å². The molecule has 4 bridgehead atoms. The third kappa shape index (κ3) is 3.39. The third-order valence-electron chi connectivity index (χ3n) is 6.26. The summed E-state index contributed by atoms with van der Waals surface area (Å²) in [5.74, 6) is 1.36. The monoisotopic (exact) mass is 342 g/mol. The highest BCUT2D eigenvalue weighted by Crippen LogP contribution is 2.60. The second-order valence-corrected chi connectivity index (χ2v) is 8.11. The van der Waals surface area contributed by atoms with Crippen molar-refractivity contribution in [1.29, 1.82) is 0 Å². The number of Topliss-reactive ketones (excluding diaryl/α,β-unsaturated/α-hetero) is 1. The predicted molar refractivity (Wildman–Crippen MR) is 92.0 cm³/mol. The lowest BCUT2D eigenvalue weighted by molar-refractivity contribution is -0.155. The van der Waals surface area contributed by atoms with Crippen molar-refractivity contribution in [3.63, 3.8) is 0 Å². The van der Waals surface area contributed by atoms with Gasteiger partial charge in [0.15, 0.2) is 12.4 Å². The molecule has 0 spiro atoms. The summed E-state index contributed by atoms with van der Waals surface area (Å²) in [7, 11) is 0. The summed E-state index contributed by atoms with van der Waals surface area (Å²) in [5.41, 5.74) is 0.487. The van der Waals surface area contributed by atoms with Crippen LogP contribution in [-0.2, 0) is 14.3 Å². The minimum absolute atomic E-state index is 0.107. The van der Waals surface area contributed by atoms with Gasteiger partial charge in [-0.3, -0.25) is 4.79 Å². The summed E-state index contributed by atoms with van der Waals surface area (Å²) in [4.78, 5) is 24.6. The topological polar surface area (TPSA) is 43.4 Å². The van der Waals surface area contributed by atoms with Crippen LogP contribution in [0.25, 0.3) is 6.08 Å². The molecule has 4 saturated carbocycles. The lowest BCUT2D eigenvalue weighted by Gasteiger charge is -2.55. The van der Waals surface area contributed by atoms with Gasteiger partial charge >= 0.3 is 5.97 Å². The Labute approximate surface area is 147 Å². The Morgan fingerprint density at radius 2 is 1.60 bits per heavy atom. The molecule has 0 saturated heterocycles. The van der Waals surface area contributed by atoms with Gasteiger partial charge in [0.1, 0.15) is 5.82 Å². The van der Waals surface area contributed by atoms with Crippen LogP contribution in [0.1, 0.15) is 44.1 Å². The molecule has 25 heavy (non-hydrogen) atoms. The van der Waals surface area contributed by atoms with E-state index in [1.54, 1.807) is 18.2 Å². The molecule has 4 aliphatic rings. The number of carbonyl (C=O) groups is 2. The van der Waals surface area contributed by atoms with Crippen LogP contribution in [0, 0.1) is 29.0 Å². The van der Waals surface area contributed by atoms with E-state index in [4.69, 9.17) is 4.74 Å². The van der Waals surface area contributed by atoms with Crippen LogP contribution in [-0.4, -0.2) is 18.4 Å². The zero-order valence-corrected chi connectivity index (χ0v) is 14.2. The van der Waals surface area contributed by atoms with E-state index in [-0.39, 0.29) is 23.6 Å². The third-order valence-corrected chi connectivity index (χ3v) is 6.26. The van der Waals surface area contributed by atoms with Crippen LogP contribution in [0.3, 0.4) is 0 Å². The van der Waals surface area contributed by atoms with Gasteiger partial charge in [-0.25, -0.2) is 9.18 Å². The molecule has 0 amide bonds. The minimum atomic E-state index is -0.526. The molecule has 1 aromatic rings. The molecule has 0 heterocycles. The van der Waals surface area contributed by atoms with E-state index >= 15 is 0 Å². The SMILES string of the molecule is O=C(C=Cc1ccc(F)cc1)OCC(=O)C12CC3CC(CC(C3)C1)C2. The van der Waals surface area contributed by atoms with E-state index < -0.39 is 5.97 Å². The predicted octanol–water partition coefficient (Wildman–Crippen LogP) is 4.17. The fourth-order valence-electron chi connectivity index (χ4n) is 5.53. The van der Waals surface area contributed by atoms with Gasteiger partial charge in [0.2, 0.25) is 0 Å². The number of carbonyl (C=O) groups excluding carboxylic acids is 2. The van der Waals surface area contributed by atoms with E-state index in [2.05, 4.69) is 0 Å². The van der Waals surface area contributed by atoms with Gasteiger partial charge in [-0.05, 0) is 80.1 Å². The second kappa shape index (κ2) is 6.40. The number of ketones is 1. The first-order chi connectivity index (χ1) is 12.0. The molecule has 0 atom stereocenters. The fraction of sp³-hybridized carbons (Fsp3) is 0.524. The van der Waals surface area contributed by atoms with Crippen molar-refractivity contribution in [3.05, 3.63) is 41.7 Å². The summed E-state index contributed by atoms with van der Waals surface area (Å²) >= 11 is 0. The number of hydrogen-bond acceptors (Lipinski definition) is 3. The van der Waals surface area contributed by atoms with Crippen LogP contribution in [0.4, 0.5) is 4.39 Å². The average Bonchev–Trinajstić information content (AvgIpc) is 2.58. The second-order valence-electron chi connectivity index (χ2n) is 8.11. The molecule has 3 nitrogen and oxygen atoms in total. The number of rotatable bonds is 5. The van der Waals surface area contributed by atoms with Crippen molar-refractivity contribution >= 4 is 17.8 Å². The fourth-order valence-corrected chi connectivity index (χ4v) is 5.53. The van der Waals surface area contributed by atoms with Crippen molar-refractivity contribution < 1.29 is 18.7 Å². The van der Waals surface area contributed by atoms with E-state index in [1.807, 2.05) is 0 Å². The number of ether oxygens (including phenoxy) is 1. The smallest absolute Gasteiger partial charge is 0.331 e. The van der Waals surface area contributed by atoms with Gasteiger partial charge in [-0.2, -0.15) is 0 Å². The van der Waals surface area contributed by atoms with Crippen LogP contribution in [0.2, 0.25) is 0 Å². The van der Waals surface area contributed by atoms with Gasteiger partial charge in [0, 0.05) is 11.5 Å². The number of hydrogen-bond donors (Lipinski definition) is 0. The van der Waals surface area contributed by atoms with E-state index in [9.17, 15) is 14.0 Å². The Balaban J connectivity index is 1.33. The van der Waals surface area contributed by atoms with Crippen molar-refractivity contribution in [2.24, 2.45) is 23.2 Å². The summed E-state index contributed by atoms with van der Waals surface area (Å²) < 4.78 is 18.0. The summed E-state index contributed by atoms with van der Waals surface area (Å²) in [6.45, 7) is -0.126. The highest BCUT2D eigenvalue weighted by molar-refractivity contribution is 5.91.